The summed E-state index contributed by atoms with van der Waals surface area (Å²) in [6.07, 6.45) is 1.56. The highest BCUT2D eigenvalue weighted by Gasteiger charge is 2.12. The first kappa shape index (κ1) is 23.5. The molecule has 0 atom stereocenters. The molecule has 11 heteroatoms. The molecule has 0 saturated heterocycles. The van der Waals surface area contributed by atoms with Gasteiger partial charge in [0.05, 0.1) is 31.2 Å². The van der Waals surface area contributed by atoms with Crippen LogP contribution in [0.2, 0.25) is 0 Å². The Morgan fingerprint density at radius 2 is 1.94 bits per heavy atom. The fourth-order valence-electron chi connectivity index (χ4n) is 2.53. The van der Waals surface area contributed by atoms with Gasteiger partial charge in [-0.1, -0.05) is 23.1 Å². The Morgan fingerprint density at radius 1 is 1.16 bits per heavy atom. The van der Waals surface area contributed by atoms with Crippen LogP contribution in [0.25, 0.3) is 0 Å². The first-order valence-corrected chi connectivity index (χ1v) is 11.4. The third-order valence-corrected chi connectivity index (χ3v) is 6.00. The summed E-state index contributed by atoms with van der Waals surface area (Å²) in [6, 6.07) is 8.16. The summed E-state index contributed by atoms with van der Waals surface area (Å²) in [5.41, 5.74) is 1.71. The molecule has 0 radical (unpaired) electrons. The molecule has 0 unspecified atom stereocenters. The number of esters is 1. The number of anilines is 1. The zero-order chi connectivity index (χ0) is 22.9. The van der Waals surface area contributed by atoms with Crippen LogP contribution < -0.4 is 14.8 Å². The largest absolute Gasteiger partial charge is 0.491 e. The highest BCUT2D eigenvalue weighted by atomic mass is 32.2. The summed E-state index contributed by atoms with van der Waals surface area (Å²) in [5.74, 6) is 0.659. The minimum absolute atomic E-state index is 0.220. The van der Waals surface area contributed by atoms with Gasteiger partial charge in [0.2, 0.25) is 0 Å². The zero-order valence-electron chi connectivity index (χ0n) is 17.8. The van der Waals surface area contributed by atoms with Crippen molar-refractivity contribution in [3.8, 4) is 11.5 Å². The SMILES string of the molecule is CCOC(=O)c1ccc(NC(=O)COc2cc(CSc3nnc(C)s3)ncc2OC)cc1. The highest BCUT2D eigenvalue weighted by Crippen LogP contribution is 2.30. The van der Waals surface area contributed by atoms with Crippen molar-refractivity contribution in [3.05, 3.63) is 52.8 Å². The van der Waals surface area contributed by atoms with Gasteiger partial charge < -0.3 is 19.5 Å². The molecule has 32 heavy (non-hydrogen) atoms. The monoisotopic (exact) mass is 474 g/mol. The van der Waals surface area contributed by atoms with E-state index in [9.17, 15) is 9.59 Å². The average molecular weight is 475 g/mol. The quantitative estimate of drug-likeness (QED) is 0.347. The maximum absolute atomic E-state index is 12.3. The van der Waals surface area contributed by atoms with Crippen molar-refractivity contribution in [1.29, 1.82) is 0 Å². The first-order valence-electron chi connectivity index (χ1n) is 9.64. The number of thioether (sulfide) groups is 1. The standard InChI is InChI=1S/C21H22N4O5S2/c1-4-29-20(27)14-5-7-15(8-6-14)23-19(26)11-30-17-9-16(22-10-18(17)28-3)12-31-21-25-24-13(2)32-21/h5-10H,4,11-12H2,1-3H3,(H,23,26). The number of rotatable bonds is 10. The van der Waals surface area contributed by atoms with Gasteiger partial charge in [-0.15, -0.1) is 10.2 Å². The second-order valence-corrected chi connectivity index (χ2v) is 8.74. The van der Waals surface area contributed by atoms with E-state index in [1.165, 1.54) is 30.2 Å². The number of amides is 1. The summed E-state index contributed by atoms with van der Waals surface area (Å²) in [6.45, 7) is 3.72. The smallest absolute Gasteiger partial charge is 0.338 e. The van der Waals surface area contributed by atoms with Crippen LogP contribution in [-0.4, -0.2) is 47.4 Å². The normalized spacial score (nSPS) is 10.5. The van der Waals surface area contributed by atoms with Crippen molar-refractivity contribution >= 4 is 40.7 Å². The second-order valence-electron chi connectivity index (χ2n) is 6.34. The third kappa shape index (κ3) is 6.66. The minimum atomic E-state index is -0.409. The number of benzene rings is 1. The van der Waals surface area contributed by atoms with Gasteiger partial charge in [0.25, 0.3) is 5.91 Å². The van der Waals surface area contributed by atoms with Crippen molar-refractivity contribution in [3.63, 3.8) is 0 Å². The molecule has 0 aliphatic heterocycles. The van der Waals surface area contributed by atoms with Crippen molar-refractivity contribution in [2.24, 2.45) is 0 Å². The predicted molar refractivity (Wildman–Crippen MR) is 122 cm³/mol. The third-order valence-electron chi connectivity index (χ3n) is 4.00. The summed E-state index contributed by atoms with van der Waals surface area (Å²) >= 11 is 3.04. The van der Waals surface area contributed by atoms with E-state index in [2.05, 4.69) is 20.5 Å². The van der Waals surface area contributed by atoms with E-state index in [0.717, 1.165) is 15.0 Å². The lowest BCUT2D eigenvalue weighted by Crippen LogP contribution is -2.20. The fourth-order valence-corrected chi connectivity index (χ4v) is 4.24. The van der Waals surface area contributed by atoms with Crippen molar-refractivity contribution in [2.75, 3.05) is 25.6 Å². The van der Waals surface area contributed by atoms with Crippen LogP contribution in [0, 0.1) is 6.92 Å². The number of aromatic nitrogens is 3. The first-order chi connectivity index (χ1) is 15.5. The molecule has 3 rings (SSSR count). The Balaban J connectivity index is 1.56. The van der Waals surface area contributed by atoms with E-state index in [0.29, 0.717) is 35.1 Å². The molecule has 0 fully saturated rings. The fraction of sp³-hybridized carbons (Fsp3) is 0.286. The van der Waals surface area contributed by atoms with Crippen LogP contribution >= 0.6 is 23.1 Å². The molecule has 0 bridgehead atoms. The Kier molecular flexibility index (Phi) is 8.40. The summed E-state index contributed by atoms with van der Waals surface area (Å²) in [7, 11) is 1.51. The van der Waals surface area contributed by atoms with Gasteiger partial charge in [-0.2, -0.15) is 0 Å². The molecule has 1 aromatic carbocycles. The number of pyridine rings is 1. The number of ether oxygens (including phenoxy) is 3. The van der Waals surface area contributed by atoms with Crippen LogP contribution in [0.3, 0.4) is 0 Å². The number of carbonyl (C=O) groups is 2. The number of hydrogen-bond acceptors (Lipinski definition) is 10. The zero-order valence-corrected chi connectivity index (χ0v) is 19.4. The van der Waals surface area contributed by atoms with Crippen LogP contribution in [0.15, 0.2) is 40.9 Å². The lowest BCUT2D eigenvalue weighted by atomic mass is 10.2. The molecule has 1 N–H and O–H groups in total. The van der Waals surface area contributed by atoms with E-state index in [-0.39, 0.29) is 12.5 Å². The van der Waals surface area contributed by atoms with Gasteiger partial charge in [-0.25, -0.2) is 4.79 Å². The molecule has 3 aromatic rings. The van der Waals surface area contributed by atoms with E-state index in [1.54, 1.807) is 43.5 Å². The van der Waals surface area contributed by atoms with Gasteiger partial charge in [0.15, 0.2) is 22.4 Å². The van der Waals surface area contributed by atoms with Crippen LogP contribution in [0.4, 0.5) is 5.69 Å². The molecule has 0 aliphatic carbocycles. The summed E-state index contributed by atoms with van der Waals surface area (Å²) in [5, 5.41) is 11.7. The predicted octanol–water partition coefficient (Wildman–Crippen LogP) is 3.74. The van der Waals surface area contributed by atoms with Crippen LogP contribution in [0.1, 0.15) is 28.0 Å². The minimum Gasteiger partial charge on any atom is -0.491 e. The lowest BCUT2D eigenvalue weighted by Gasteiger charge is -2.12. The van der Waals surface area contributed by atoms with Crippen LogP contribution in [0.5, 0.6) is 11.5 Å². The van der Waals surface area contributed by atoms with Crippen molar-refractivity contribution in [2.45, 2.75) is 23.9 Å². The van der Waals surface area contributed by atoms with E-state index >= 15 is 0 Å². The summed E-state index contributed by atoms with van der Waals surface area (Å²) in [4.78, 5) is 28.4. The molecule has 2 heterocycles. The van der Waals surface area contributed by atoms with Crippen molar-refractivity contribution < 1.29 is 23.8 Å². The van der Waals surface area contributed by atoms with Gasteiger partial charge in [0.1, 0.15) is 5.01 Å². The Labute approximate surface area is 193 Å². The van der Waals surface area contributed by atoms with E-state index in [1.807, 2.05) is 6.92 Å². The Bertz CT molecular complexity index is 1070. The maximum atomic E-state index is 12.3. The molecule has 168 valence electrons. The lowest BCUT2D eigenvalue weighted by molar-refractivity contribution is -0.118. The van der Waals surface area contributed by atoms with Gasteiger partial charge in [0, 0.05) is 17.5 Å². The topological polar surface area (TPSA) is 113 Å². The number of nitrogens with zero attached hydrogens (tertiary/aromatic N) is 3. The average Bonchev–Trinajstić information content (AvgIpc) is 3.22. The Hall–Kier alpha value is -3.18. The highest BCUT2D eigenvalue weighted by molar-refractivity contribution is 8.00. The maximum Gasteiger partial charge on any atom is 0.338 e. The molecule has 0 spiro atoms. The number of hydrogen-bond donors (Lipinski definition) is 1. The second kappa shape index (κ2) is 11.4. The van der Waals surface area contributed by atoms with Gasteiger partial charge in [-0.05, 0) is 38.1 Å². The number of methoxy groups -OCH3 is 1. The molecule has 0 aliphatic rings. The van der Waals surface area contributed by atoms with Crippen LogP contribution in [-0.2, 0) is 15.3 Å². The molecular weight excluding hydrogens is 452 g/mol. The molecule has 0 saturated carbocycles. The van der Waals surface area contributed by atoms with Crippen molar-refractivity contribution in [1.82, 2.24) is 15.2 Å². The number of carbonyl (C=O) groups excluding carboxylic acids is 2. The van der Waals surface area contributed by atoms with Gasteiger partial charge >= 0.3 is 5.97 Å². The molecule has 2 aromatic heterocycles. The van der Waals surface area contributed by atoms with E-state index in [4.69, 9.17) is 14.2 Å². The number of nitrogens with one attached hydrogen (secondary N) is 1. The molecular formula is C21H22N4O5S2. The summed E-state index contributed by atoms with van der Waals surface area (Å²) < 4.78 is 16.7. The number of aryl methyl sites for hydroxylation is 1. The van der Waals surface area contributed by atoms with E-state index < -0.39 is 5.97 Å². The Morgan fingerprint density at radius 3 is 2.59 bits per heavy atom. The molecule has 9 nitrogen and oxygen atoms in total. The van der Waals surface area contributed by atoms with Gasteiger partial charge in [-0.3, -0.25) is 9.78 Å². The molecule has 1 amide bonds.